The molecule has 0 aromatic heterocycles. The summed E-state index contributed by atoms with van der Waals surface area (Å²) in [7, 11) is 0. The molecule has 0 aromatic rings. The van der Waals surface area contributed by atoms with Crippen molar-refractivity contribution in [3.63, 3.8) is 0 Å². The van der Waals surface area contributed by atoms with Crippen molar-refractivity contribution in [3.8, 4) is 0 Å². The van der Waals surface area contributed by atoms with Gasteiger partial charge >= 0.3 is 5.97 Å². The van der Waals surface area contributed by atoms with Gasteiger partial charge in [-0.15, -0.1) is 0 Å². The predicted molar refractivity (Wildman–Crippen MR) is 74.5 cm³/mol. The van der Waals surface area contributed by atoms with Crippen LogP contribution in [0.3, 0.4) is 0 Å². The Morgan fingerprint density at radius 3 is 2.22 bits per heavy atom. The van der Waals surface area contributed by atoms with Gasteiger partial charge in [0.05, 0.1) is 6.61 Å². The maximum absolute atomic E-state index is 11.1. The highest BCUT2D eigenvalue weighted by molar-refractivity contribution is 5.86. The summed E-state index contributed by atoms with van der Waals surface area (Å²) >= 11 is 0. The molecule has 0 spiro atoms. The molecule has 0 aromatic carbocycles. The highest BCUT2D eigenvalue weighted by atomic mass is 16.5. The van der Waals surface area contributed by atoms with Gasteiger partial charge in [0.2, 0.25) is 0 Å². The largest absolute Gasteiger partial charge is 0.462 e. The second-order valence-electron chi connectivity index (χ2n) is 5.13. The van der Waals surface area contributed by atoms with Crippen molar-refractivity contribution in [3.05, 3.63) is 12.2 Å². The first-order chi connectivity index (χ1) is 8.54. The standard InChI is InChI=1S/C15H28O3/c1-13(2)9-12-17-10-7-5-6-8-11-18-15(16)14(3)4/h13H,3,5-12H2,1-2,4H3. The van der Waals surface area contributed by atoms with Gasteiger partial charge in [-0.2, -0.15) is 0 Å². The number of hydrogen-bond donors (Lipinski definition) is 0. The smallest absolute Gasteiger partial charge is 0.333 e. The first kappa shape index (κ1) is 17.2. The van der Waals surface area contributed by atoms with Gasteiger partial charge in [0.25, 0.3) is 0 Å². The molecule has 0 radical (unpaired) electrons. The molecule has 0 unspecified atom stereocenters. The average molecular weight is 256 g/mol. The van der Waals surface area contributed by atoms with E-state index in [-0.39, 0.29) is 5.97 Å². The molecule has 106 valence electrons. The molecule has 0 saturated heterocycles. The summed E-state index contributed by atoms with van der Waals surface area (Å²) in [6, 6.07) is 0. The number of carbonyl (C=O) groups is 1. The Morgan fingerprint density at radius 1 is 1.06 bits per heavy atom. The summed E-state index contributed by atoms with van der Waals surface area (Å²) in [6.45, 7) is 11.8. The van der Waals surface area contributed by atoms with E-state index in [1.54, 1.807) is 6.92 Å². The molecule has 0 atom stereocenters. The van der Waals surface area contributed by atoms with Gasteiger partial charge in [-0.3, -0.25) is 0 Å². The minimum atomic E-state index is -0.285. The summed E-state index contributed by atoms with van der Waals surface area (Å²) in [5.74, 6) is 0.431. The number of unbranched alkanes of at least 4 members (excludes halogenated alkanes) is 3. The van der Waals surface area contributed by atoms with E-state index in [0.29, 0.717) is 18.1 Å². The normalized spacial score (nSPS) is 10.7. The molecule has 0 fully saturated rings. The van der Waals surface area contributed by atoms with Gasteiger partial charge in [0.1, 0.15) is 0 Å². The number of esters is 1. The Balaban J connectivity index is 3.12. The van der Waals surface area contributed by atoms with E-state index in [2.05, 4.69) is 20.4 Å². The van der Waals surface area contributed by atoms with Crippen LogP contribution in [-0.2, 0) is 14.3 Å². The summed E-state index contributed by atoms with van der Waals surface area (Å²) in [5, 5.41) is 0. The molecule has 0 heterocycles. The fraction of sp³-hybridized carbons (Fsp3) is 0.800. The average Bonchev–Trinajstić information content (AvgIpc) is 2.30. The number of carbonyl (C=O) groups excluding carboxylic acids is 1. The van der Waals surface area contributed by atoms with E-state index in [1.807, 2.05) is 0 Å². The van der Waals surface area contributed by atoms with Crippen LogP contribution in [0.25, 0.3) is 0 Å². The molecule has 0 amide bonds. The van der Waals surface area contributed by atoms with Crippen molar-refractivity contribution in [2.24, 2.45) is 5.92 Å². The monoisotopic (exact) mass is 256 g/mol. The third-order valence-electron chi connectivity index (χ3n) is 2.60. The van der Waals surface area contributed by atoms with Crippen LogP contribution in [0.5, 0.6) is 0 Å². The molecule has 0 N–H and O–H groups in total. The molecular weight excluding hydrogens is 228 g/mol. The first-order valence-electron chi connectivity index (χ1n) is 6.94. The van der Waals surface area contributed by atoms with Crippen LogP contribution in [0.1, 0.15) is 52.9 Å². The van der Waals surface area contributed by atoms with Gasteiger partial charge < -0.3 is 9.47 Å². The van der Waals surface area contributed by atoms with E-state index in [4.69, 9.17) is 9.47 Å². The molecule has 0 saturated carbocycles. The highest BCUT2D eigenvalue weighted by Gasteiger charge is 2.01. The van der Waals surface area contributed by atoms with Crippen LogP contribution in [0.15, 0.2) is 12.2 Å². The fourth-order valence-corrected chi connectivity index (χ4v) is 1.37. The summed E-state index contributed by atoms with van der Waals surface area (Å²) in [4.78, 5) is 11.1. The van der Waals surface area contributed by atoms with Crippen LogP contribution in [-0.4, -0.2) is 25.8 Å². The van der Waals surface area contributed by atoms with Gasteiger partial charge in [-0.05, 0) is 38.5 Å². The van der Waals surface area contributed by atoms with E-state index < -0.39 is 0 Å². The lowest BCUT2D eigenvalue weighted by Crippen LogP contribution is -2.06. The van der Waals surface area contributed by atoms with Crippen LogP contribution in [0.2, 0.25) is 0 Å². The van der Waals surface area contributed by atoms with Crippen molar-refractivity contribution in [2.75, 3.05) is 19.8 Å². The number of rotatable bonds is 11. The molecule has 3 heteroatoms. The van der Waals surface area contributed by atoms with Crippen molar-refractivity contribution in [1.29, 1.82) is 0 Å². The molecule has 0 aliphatic rings. The Labute approximate surface area is 112 Å². The van der Waals surface area contributed by atoms with E-state index >= 15 is 0 Å². The molecule has 3 nitrogen and oxygen atoms in total. The maximum atomic E-state index is 11.1. The molecule has 0 rings (SSSR count). The lowest BCUT2D eigenvalue weighted by molar-refractivity contribution is -0.139. The molecule has 0 aliphatic heterocycles. The molecule has 18 heavy (non-hydrogen) atoms. The Morgan fingerprint density at radius 2 is 1.67 bits per heavy atom. The zero-order valence-corrected chi connectivity index (χ0v) is 12.2. The third kappa shape index (κ3) is 11.6. The second kappa shape index (κ2) is 11.3. The molecule has 0 aliphatic carbocycles. The number of ether oxygens (including phenoxy) is 2. The Bertz CT molecular complexity index is 234. The highest BCUT2D eigenvalue weighted by Crippen LogP contribution is 2.03. The Kier molecular flexibility index (Phi) is 10.8. The van der Waals surface area contributed by atoms with Gasteiger partial charge in [-0.25, -0.2) is 4.79 Å². The second-order valence-corrected chi connectivity index (χ2v) is 5.13. The first-order valence-corrected chi connectivity index (χ1v) is 6.94. The fourth-order valence-electron chi connectivity index (χ4n) is 1.37. The molecular formula is C15H28O3. The lowest BCUT2D eigenvalue weighted by atomic mass is 10.1. The number of hydrogen-bond acceptors (Lipinski definition) is 3. The third-order valence-corrected chi connectivity index (χ3v) is 2.60. The SMILES string of the molecule is C=C(C)C(=O)OCCCCCCOCCC(C)C. The lowest BCUT2D eigenvalue weighted by Gasteiger charge is -2.06. The maximum Gasteiger partial charge on any atom is 0.333 e. The van der Waals surface area contributed by atoms with E-state index in [9.17, 15) is 4.79 Å². The quantitative estimate of drug-likeness (QED) is 0.321. The summed E-state index contributed by atoms with van der Waals surface area (Å²) in [6.07, 6.45) is 5.36. The Hall–Kier alpha value is -0.830. The van der Waals surface area contributed by atoms with E-state index in [1.165, 1.54) is 0 Å². The van der Waals surface area contributed by atoms with Crippen molar-refractivity contribution in [2.45, 2.75) is 52.9 Å². The van der Waals surface area contributed by atoms with Crippen LogP contribution < -0.4 is 0 Å². The minimum absolute atomic E-state index is 0.285. The van der Waals surface area contributed by atoms with Crippen molar-refractivity contribution < 1.29 is 14.3 Å². The van der Waals surface area contributed by atoms with Crippen LogP contribution >= 0.6 is 0 Å². The topological polar surface area (TPSA) is 35.5 Å². The summed E-state index contributed by atoms with van der Waals surface area (Å²) in [5.41, 5.74) is 0.466. The van der Waals surface area contributed by atoms with Crippen LogP contribution in [0.4, 0.5) is 0 Å². The van der Waals surface area contributed by atoms with Gasteiger partial charge in [0, 0.05) is 18.8 Å². The predicted octanol–water partition coefficient (Wildman–Crippen LogP) is 3.73. The van der Waals surface area contributed by atoms with Gasteiger partial charge in [-0.1, -0.05) is 26.8 Å². The van der Waals surface area contributed by atoms with Gasteiger partial charge in [0.15, 0.2) is 0 Å². The zero-order valence-electron chi connectivity index (χ0n) is 12.2. The minimum Gasteiger partial charge on any atom is -0.462 e. The molecule has 0 bridgehead atoms. The van der Waals surface area contributed by atoms with Crippen LogP contribution in [0, 0.1) is 5.92 Å². The van der Waals surface area contributed by atoms with E-state index in [0.717, 1.165) is 45.3 Å². The van der Waals surface area contributed by atoms with Crippen molar-refractivity contribution >= 4 is 5.97 Å². The summed E-state index contributed by atoms with van der Waals surface area (Å²) < 4.78 is 10.5. The zero-order chi connectivity index (χ0) is 13.8. The van der Waals surface area contributed by atoms with Crippen molar-refractivity contribution in [1.82, 2.24) is 0 Å².